The molecule has 5 nitrogen and oxygen atoms in total. The van der Waals surface area contributed by atoms with Crippen LogP contribution in [-0.2, 0) is 11.2 Å². The molecule has 0 aliphatic heterocycles. The fourth-order valence-corrected chi connectivity index (χ4v) is 2.01. The van der Waals surface area contributed by atoms with Crippen molar-refractivity contribution in [2.75, 3.05) is 5.32 Å². The van der Waals surface area contributed by atoms with Crippen LogP contribution in [0.2, 0.25) is 0 Å². The van der Waals surface area contributed by atoms with Crippen LogP contribution in [0.3, 0.4) is 0 Å². The van der Waals surface area contributed by atoms with E-state index in [0.29, 0.717) is 11.3 Å². The fraction of sp³-hybridized carbons (Fsp3) is 0.267. The van der Waals surface area contributed by atoms with Gasteiger partial charge in [0.05, 0.1) is 11.6 Å². The van der Waals surface area contributed by atoms with Crippen molar-refractivity contribution in [2.24, 2.45) is 0 Å². The first kappa shape index (κ1) is 13.8. The second kappa shape index (κ2) is 6.02. The maximum Gasteiger partial charge on any atom is 0.247 e. The summed E-state index contributed by atoms with van der Waals surface area (Å²) < 4.78 is 1.85. The summed E-state index contributed by atoms with van der Waals surface area (Å²) in [5.74, 6) is 0.742. The molecule has 0 fully saturated rings. The van der Waals surface area contributed by atoms with Gasteiger partial charge in [-0.15, -0.1) is 0 Å². The molecule has 0 spiro atoms. The largest absolute Gasteiger partial charge is 0.324 e. The van der Waals surface area contributed by atoms with Crippen LogP contribution in [0.15, 0.2) is 36.7 Å². The number of hydrogen-bond acceptors (Lipinski definition) is 3. The summed E-state index contributed by atoms with van der Waals surface area (Å²) in [6.07, 6.45) is 4.27. The zero-order chi connectivity index (χ0) is 14.5. The van der Waals surface area contributed by atoms with Crippen LogP contribution in [-0.4, -0.2) is 15.5 Å². The molecule has 1 amide bonds. The molecular formula is C15H16N4O. The van der Waals surface area contributed by atoms with E-state index in [0.717, 1.165) is 12.2 Å². The maximum absolute atomic E-state index is 12.2. The number of carbonyl (C=O) groups is 1. The first-order chi connectivity index (χ1) is 9.65. The van der Waals surface area contributed by atoms with E-state index in [9.17, 15) is 4.79 Å². The Bertz CT molecular complexity index is 654. The summed E-state index contributed by atoms with van der Waals surface area (Å²) in [6, 6.07) is 8.56. The van der Waals surface area contributed by atoms with Crippen LogP contribution in [0.4, 0.5) is 5.69 Å². The molecule has 2 aromatic rings. The maximum atomic E-state index is 12.2. The topological polar surface area (TPSA) is 70.7 Å². The molecule has 0 aliphatic carbocycles. The Morgan fingerprint density at radius 1 is 1.55 bits per heavy atom. The van der Waals surface area contributed by atoms with Gasteiger partial charge in [-0.3, -0.25) is 4.79 Å². The number of hydrogen-bond donors (Lipinski definition) is 1. The van der Waals surface area contributed by atoms with E-state index in [4.69, 9.17) is 5.26 Å². The number of aromatic nitrogens is 2. The molecule has 1 unspecified atom stereocenters. The average molecular weight is 268 g/mol. The van der Waals surface area contributed by atoms with Crippen molar-refractivity contribution in [1.29, 1.82) is 5.26 Å². The van der Waals surface area contributed by atoms with Gasteiger partial charge in [0.1, 0.15) is 11.9 Å². The first-order valence-electron chi connectivity index (χ1n) is 6.48. The number of imidazole rings is 1. The molecule has 0 bridgehead atoms. The molecule has 1 heterocycles. The third-order valence-corrected chi connectivity index (χ3v) is 3.12. The van der Waals surface area contributed by atoms with Gasteiger partial charge in [0.15, 0.2) is 0 Å². The van der Waals surface area contributed by atoms with Gasteiger partial charge in [0, 0.05) is 24.5 Å². The quantitative estimate of drug-likeness (QED) is 0.926. The van der Waals surface area contributed by atoms with Crippen molar-refractivity contribution in [1.82, 2.24) is 9.55 Å². The van der Waals surface area contributed by atoms with Crippen molar-refractivity contribution in [3.05, 3.63) is 48.0 Å². The van der Waals surface area contributed by atoms with Crippen LogP contribution in [0.25, 0.3) is 0 Å². The van der Waals surface area contributed by atoms with Gasteiger partial charge in [0.2, 0.25) is 5.91 Å². The lowest BCUT2D eigenvalue weighted by Gasteiger charge is -2.16. The van der Waals surface area contributed by atoms with Gasteiger partial charge in [-0.1, -0.05) is 13.0 Å². The average Bonchev–Trinajstić information content (AvgIpc) is 2.95. The van der Waals surface area contributed by atoms with Crippen molar-refractivity contribution < 1.29 is 4.79 Å². The molecule has 1 atom stereocenters. The number of nitriles is 1. The predicted molar refractivity (Wildman–Crippen MR) is 76.1 cm³/mol. The Labute approximate surface area is 117 Å². The fourth-order valence-electron chi connectivity index (χ4n) is 2.01. The third-order valence-electron chi connectivity index (χ3n) is 3.12. The number of anilines is 1. The smallest absolute Gasteiger partial charge is 0.247 e. The number of carbonyl (C=O) groups excluding carboxylic acids is 1. The number of benzene rings is 1. The zero-order valence-corrected chi connectivity index (χ0v) is 11.5. The Kier molecular flexibility index (Phi) is 4.16. The molecule has 0 aliphatic rings. The number of aryl methyl sites for hydroxylation is 1. The molecule has 1 aromatic carbocycles. The minimum Gasteiger partial charge on any atom is -0.324 e. The molecule has 2 rings (SSSR count). The van der Waals surface area contributed by atoms with E-state index in [2.05, 4.69) is 10.3 Å². The van der Waals surface area contributed by atoms with Crippen molar-refractivity contribution >= 4 is 11.6 Å². The van der Waals surface area contributed by atoms with Crippen molar-refractivity contribution in [3.8, 4) is 6.07 Å². The number of amides is 1. The lowest BCUT2D eigenvalue weighted by Crippen LogP contribution is -2.24. The number of rotatable bonds is 4. The standard InChI is InChI=1S/C15H16N4O/c1-3-14-17-7-8-19(14)11(2)15(20)18-13-6-4-5-12(9-13)10-16/h4-9,11H,3H2,1-2H3,(H,18,20). The summed E-state index contributed by atoms with van der Waals surface area (Å²) in [7, 11) is 0. The monoisotopic (exact) mass is 268 g/mol. The van der Waals surface area contributed by atoms with E-state index < -0.39 is 0 Å². The van der Waals surface area contributed by atoms with Crippen LogP contribution in [0, 0.1) is 11.3 Å². The van der Waals surface area contributed by atoms with E-state index in [1.54, 1.807) is 36.7 Å². The van der Waals surface area contributed by atoms with Crippen LogP contribution in [0.5, 0.6) is 0 Å². The Hall–Kier alpha value is -2.61. The Morgan fingerprint density at radius 2 is 2.35 bits per heavy atom. The van der Waals surface area contributed by atoms with Gasteiger partial charge in [-0.2, -0.15) is 5.26 Å². The van der Waals surface area contributed by atoms with E-state index in [1.165, 1.54) is 0 Å². The minimum absolute atomic E-state index is 0.132. The summed E-state index contributed by atoms with van der Waals surface area (Å²) in [4.78, 5) is 16.4. The second-order valence-corrected chi connectivity index (χ2v) is 4.46. The zero-order valence-electron chi connectivity index (χ0n) is 11.5. The molecule has 0 radical (unpaired) electrons. The Balaban J connectivity index is 2.14. The second-order valence-electron chi connectivity index (χ2n) is 4.46. The number of nitrogens with zero attached hydrogens (tertiary/aromatic N) is 3. The Morgan fingerprint density at radius 3 is 3.05 bits per heavy atom. The van der Waals surface area contributed by atoms with Crippen LogP contribution >= 0.6 is 0 Å². The van der Waals surface area contributed by atoms with Gasteiger partial charge in [0.25, 0.3) is 0 Å². The normalized spacial score (nSPS) is 11.7. The van der Waals surface area contributed by atoms with E-state index in [1.807, 2.05) is 24.5 Å². The molecular weight excluding hydrogens is 252 g/mol. The summed E-state index contributed by atoms with van der Waals surface area (Å²) in [6.45, 7) is 3.82. The molecule has 0 saturated carbocycles. The highest BCUT2D eigenvalue weighted by Gasteiger charge is 2.17. The van der Waals surface area contributed by atoms with Crippen molar-refractivity contribution in [3.63, 3.8) is 0 Å². The molecule has 1 N–H and O–H groups in total. The van der Waals surface area contributed by atoms with Crippen LogP contribution in [0.1, 0.15) is 31.3 Å². The van der Waals surface area contributed by atoms with Gasteiger partial charge in [-0.25, -0.2) is 4.98 Å². The predicted octanol–water partition coefficient (Wildman–Crippen LogP) is 2.52. The van der Waals surface area contributed by atoms with Gasteiger partial charge < -0.3 is 9.88 Å². The summed E-state index contributed by atoms with van der Waals surface area (Å²) in [5.41, 5.74) is 1.14. The van der Waals surface area contributed by atoms with Gasteiger partial charge in [-0.05, 0) is 25.1 Å². The highest BCUT2D eigenvalue weighted by molar-refractivity contribution is 5.93. The lowest BCUT2D eigenvalue weighted by atomic mass is 10.2. The van der Waals surface area contributed by atoms with E-state index >= 15 is 0 Å². The third kappa shape index (κ3) is 2.86. The first-order valence-corrected chi connectivity index (χ1v) is 6.48. The molecule has 102 valence electrons. The molecule has 20 heavy (non-hydrogen) atoms. The summed E-state index contributed by atoms with van der Waals surface area (Å²) in [5, 5.41) is 11.7. The van der Waals surface area contributed by atoms with E-state index in [-0.39, 0.29) is 11.9 Å². The SMILES string of the molecule is CCc1nccn1C(C)C(=O)Nc1cccc(C#N)c1. The minimum atomic E-state index is -0.349. The molecule has 0 saturated heterocycles. The number of nitrogens with one attached hydrogen (secondary N) is 1. The molecule has 1 aromatic heterocycles. The summed E-state index contributed by atoms with van der Waals surface area (Å²) >= 11 is 0. The van der Waals surface area contributed by atoms with Gasteiger partial charge >= 0.3 is 0 Å². The highest BCUT2D eigenvalue weighted by Crippen LogP contribution is 2.15. The van der Waals surface area contributed by atoms with Crippen LogP contribution < -0.4 is 5.32 Å². The molecule has 5 heteroatoms. The van der Waals surface area contributed by atoms with Crippen molar-refractivity contribution in [2.45, 2.75) is 26.3 Å². The lowest BCUT2D eigenvalue weighted by molar-refractivity contribution is -0.118. The highest BCUT2D eigenvalue weighted by atomic mass is 16.2.